The van der Waals surface area contributed by atoms with E-state index in [2.05, 4.69) is 5.32 Å². The summed E-state index contributed by atoms with van der Waals surface area (Å²) in [6.07, 6.45) is 0.997. The number of hydrogen-bond acceptors (Lipinski definition) is 4. The minimum atomic E-state index is -2.92. The Morgan fingerprint density at radius 1 is 1.37 bits per heavy atom. The van der Waals surface area contributed by atoms with Crippen molar-refractivity contribution in [1.82, 2.24) is 0 Å². The van der Waals surface area contributed by atoms with Crippen molar-refractivity contribution in [2.75, 3.05) is 16.8 Å². The van der Waals surface area contributed by atoms with Gasteiger partial charge in [-0.3, -0.25) is 4.79 Å². The van der Waals surface area contributed by atoms with Crippen molar-refractivity contribution in [1.29, 1.82) is 0 Å². The second-order valence-electron chi connectivity index (χ2n) is 5.33. The lowest BCUT2D eigenvalue weighted by Gasteiger charge is -2.18. The minimum Gasteiger partial charge on any atom is -0.326 e. The molecule has 1 aromatic rings. The van der Waals surface area contributed by atoms with Gasteiger partial charge in [0.25, 0.3) is 0 Å². The van der Waals surface area contributed by atoms with Crippen LogP contribution in [0.1, 0.15) is 23.6 Å². The molecule has 0 aromatic heterocycles. The fourth-order valence-electron chi connectivity index (χ4n) is 2.84. The van der Waals surface area contributed by atoms with Gasteiger partial charge in [-0.25, -0.2) is 8.42 Å². The summed E-state index contributed by atoms with van der Waals surface area (Å²) in [4.78, 5) is 11.3. The molecule has 2 heterocycles. The van der Waals surface area contributed by atoms with E-state index < -0.39 is 9.84 Å². The molecule has 3 rings (SSSR count). The second-order valence-corrected chi connectivity index (χ2v) is 7.56. The average molecular weight is 280 g/mol. The lowest BCUT2D eigenvalue weighted by atomic mass is 9.92. The van der Waals surface area contributed by atoms with Gasteiger partial charge in [-0.15, -0.1) is 0 Å². The molecule has 6 heteroatoms. The summed E-state index contributed by atoms with van der Waals surface area (Å²) < 4.78 is 23.0. The van der Waals surface area contributed by atoms with E-state index in [1.165, 1.54) is 0 Å². The van der Waals surface area contributed by atoms with Crippen molar-refractivity contribution < 1.29 is 13.2 Å². The fraction of sp³-hybridized carbons (Fsp3) is 0.462. The molecule has 2 atom stereocenters. The Kier molecular flexibility index (Phi) is 2.87. The summed E-state index contributed by atoms with van der Waals surface area (Å²) in [6, 6.07) is 5.36. The molecule has 5 nitrogen and oxygen atoms in total. The number of carbonyl (C=O) groups is 1. The van der Waals surface area contributed by atoms with Gasteiger partial charge in [-0.05, 0) is 29.5 Å². The van der Waals surface area contributed by atoms with Crippen LogP contribution in [0.15, 0.2) is 18.2 Å². The normalized spacial score (nSPS) is 25.9. The highest BCUT2D eigenvalue weighted by molar-refractivity contribution is 7.91. The van der Waals surface area contributed by atoms with E-state index in [1.54, 1.807) is 0 Å². The number of nitrogens with one attached hydrogen (secondary N) is 1. The number of carbonyl (C=O) groups excluding carboxylic acids is 1. The molecule has 2 aliphatic heterocycles. The first-order valence-electron chi connectivity index (χ1n) is 6.33. The Labute approximate surface area is 112 Å². The highest BCUT2D eigenvalue weighted by Crippen LogP contribution is 2.32. The Bertz CT molecular complexity index is 639. The van der Waals surface area contributed by atoms with Gasteiger partial charge in [-0.2, -0.15) is 0 Å². The van der Waals surface area contributed by atoms with Crippen LogP contribution in [0.25, 0.3) is 0 Å². The largest absolute Gasteiger partial charge is 0.326 e. The summed E-state index contributed by atoms with van der Waals surface area (Å²) in [5, 5.41) is 2.77. The van der Waals surface area contributed by atoms with E-state index in [1.807, 2.05) is 18.2 Å². The Morgan fingerprint density at radius 3 is 2.84 bits per heavy atom. The van der Waals surface area contributed by atoms with Gasteiger partial charge in [0.1, 0.15) is 0 Å². The van der Waals surface area contributed by atoms with E-state index >= 15 is 0 Å². The van der Waals surface area contributed by atoms with Crippen LogP contribution >= 0.6 is 0 Å². The maximum Gasteiger partial charge on any atom is 0.228 e. The SMILES string of the molecule is NC(c1ccc2c(c1)CC(=O)N2)C1CCS(=O)(=O)C1. The van der Waals surface area contributed by atoms with Crippen LogP contribution in [-0.2, 0) is 21.1 Å². The lowest BCUT2D eigenvalue weighted by molar-refractivity contribution is -0.115. The predicted molar refractivity (Wildman–Crippen MR) is 72.5 cm³/mol. The summed E-state index contributed by atoms with van der Waals surface area (Å²) in [5.41, 5.74) is 8.87. The van der Waals surface area contributed by atoms with Gasteiger partial charge in [0, 0.05) is 11.7 Å². The number of benzene rings is 1. The molecule has 1 aromatic carbocycles. The Morgan fingerprint density at radius 2 is 2.16 bits per heavy atom. The third-order valence-corrected chi connectivity index (χ3v) is 5.71. The van der Waals surface area contributed by atoms with Crippen LogP contribution in [0.3, 0.4) is 0 Å². The van der Waals surface area contributed by atoms with Crippen molar-refractivity contribution in [2.24, 2.45) is 11.7 Å². The van der Waals surface area contributed by atoms with Gasteiger partial charge in [-0.1, -0.05) is 12.1 Å². The topological polar surface area (TPSA) is 89.3 Å². The molecule has 3 N–H and O–H groups in total. The zero-order valence-electron chi connectivity index (χ0n) is 10.4. The van der Waals surface area contributed by atoms with Crippen molar-refractivity contribution >= 4 is 21.4 Å². The molecular formula is C13H16N2O3S. The number of amides is 1. The number of anilines is 1. The number of sulfone groups is 1. The van der Waals surface area contributed by atoms with Crippen molar-refractivity contribution in [2.45, 2.75) is 18.9 Å². The maximum absolute atomic E-state index is 11.5. The second kappa shape index (κ2) is 4.31. The minimum absolute atomic E-state index is 0.0100. The third-order valence-electron chi connectivity index (χ3n) is 3.91. The van der Waals surface area contributed by atoms with E-state index in [0.717, 1.165) is 16.8 Å². The summed E-state index contributed by atoms with van der Waals surface area (Å²) >= 11 is 0. The lowest BCUT2D eigenvalue weighted by Crippen LogP contribution is -2.22. The number of hydrogen-bond donors (Lipinski definition) is 2. The van der Waals surface area contributed by atoms with Crippen molar-refractivity contribution in [3.63, 3.8) is 0 Å². The van der Waals surface area contributed by atoms with Gasteiger partial charge in [0.15, 0.2) is 9.84 Å². The summed E-state index contributed by atoms with van der Waals surface area (Å²) in [5.74, 6) is 0.371. The van der Waals surface area contributed by atoms with Gasteiger partial charge in [0.05, 0.1) is 17.9 Å². The van der Waals surface area contributed by atoms with E-state index in [4.69, 9.17) is 5.73 Å². The first kappa shape index (κ1) is 12.6. The Balaban J connectivity index is 1.83. The molecule has 0 saturated carbocycles. The molecule has 2 aliphatic rings. The standard InChI is InChI=1S/C13H16N2O3S/c14-13(9-3-4-19(17,18)7-9)8-1-2-11-10(5-8)6-12(16)15-11/h1-2,5,9,13H,3-4,6-7,14H2,(H,15,16). The first-order valence-corrected chi connectivity index (χ1v) is 8.15. The van der Waals surface area contributed by atoms with Crippen LogP contribution in [0.4, 0.5) is 5.69 Å². The summed E-state index contributed by atoms with van der Waals surface area (Å²) in [7, 11) is -2.92. The van der Waals surface area contributed by atoms with Crippen LogP contribution in [0, 0.1) is 5.92 Å². The molecule has 0 spiro atoms. The molecule has 19 heavy (non-hydrogen) atoms. The molecule has 0 aliphatic carbocycles. The van der Waals surface area contributed by atoms with Crippen molar-refractivity contribution in [3.05, 3.63) is 29.3 Å². The molecule has 2 unspecified atom stereocenters. The number of rotatable bonds is 2. The molecular weight excluding hydrogens is 264 g/mol. The Hall–Kier alpha value is -1.40. The zero-order chi connectivity index (χ0) is 13.6. The quantitative estimate of drug-likeness (QED) is 0.831. The smallest absolute Gasteiger partial charge is 0.228 e. The molecule has 1 fully saturated rings. The van der Waals surface area contributed by atoms with Crippen molar-refractivity contribution in [3.8, 4) is 0 Å². The fourth-order valence-corrected chi connectivity index (χ4v) is 4.69. The van der Waals surface area contributed by atoms with Crippen LogP contribution < -0.4 is 11.1 Å². The zero-order valence-corrected chi connectivity index (χ0v) is 11.2. The molecule has 1 amide bonds. The molecule has 102 valence electrons. The summed E-state index contributed by atoms with van der Waals surface area (Å²) in [6.45, 7) is 0. The van der Waals surface area contributed by atoms with Crippen LogP contribution in [-0.4, -0.2) is 25.8 Å². The number of nitrogens with two attached hydrogens (primary N) is 1. The monoisotopic (exact) mass is 280 g/mol. The highest BCUT2D eigenvalue weighted by Gasteiger charge is 2.33. The van der Waals surface area contributed by atoms with E-state index in [9.17, 15) is 13.2 Å². The maximum atomic E-state index is 11.5. The van der Waals surface area contributed by atoms with Crippen LogP contribution in [0.5, 0.6) is 0 Å². The third kappa shape index (κ3) is 2.37. The molecule has 1 saturated heterocycles. The number of fused-ring (bicyclic) bond motifs is 1. The highest BCUT2D eigenvalue weighted by atomic mass is 32.2. The molecule has 0 radical (unpaired) electrons. The first-order chi connectivity index (χ1) is 8.94. The average Bonchev–Trinajstić information content (AvgIpc) is 2.88. The van der Waals surface area contributed by atoms with Gasteiger partial charge in [0.2, 0.25) is 5.91 Å². The van der Waals surface area contributed by atoms with Gasteiger partial charge < -0.3 is 11.1 Å². The van der Waals surface area contributed by atoms with Gasteiger partial charge >= 0.3 is 0 Å². The molecule has 0 bridgehead atoms. The van der Waals surface area contributed by atoms with Crippen LogP contribution in [0.2, 0.25) is 0 Å². The van der Waals surface area contributed by atoms with E-state index in [0.29, 0.717) is 12.8 Å². The predicted octanol–water partition coefficient (Wildman–Crippen LogP) is 0.616. The van der Waals surface area contributed by atoms with E-state index in [-0.39, 0.29) is 29.4 Å².